The van der Waals surface area contributed by atoms with Crippen LogP contribution in [0.5, 0.6) is 0 Å². The van der Waals surface area contributed by atoms with E-state index in [1.54, 1.807) is 0 Å². The zero-order chi connectivity index (χ0) is 16.2. The Bertz CT molecular complexity index is 554. The van der Waals surface area contributed by atoms with Crippen LogP contribution in [0.3, 0.4) is 0 Å². The minimum Gasteiger partial charge on any atom is -0.480 e. The average molecular weight is 390 g/mol. The van der Waals surface area contributed by atoms with Crippen molar-refractivity contribution in [1.82, 2.24) is 4.90 Å². The summed E-state index contributed by atoms with van der Waals surface area (Å²) >= 11 is 8.77. The van der Waals surface area contributed by atoms with Gasteiger partial charge in [-0.15, -0.1) is 0 Å². The first-order valence-corrected chi connectivity index (χ1v) is 6.55. The van der Waals surface area contributed by atoms with E-state index >= 15 is 0 Å². The Morgan fingerprint density at radius 1 is 1.38 bits per heavy atom. The van der Waals surface area contributed by atoms with Crippen LogP contribution < -0.4 is 5.32 Å². The molecule has 0 fully saturated rings. The van der Waals surface area contributed by atoms with E-state index in [9.17, 15) is 22.8 Å². The molecule has 0 radical (unpaired) electrons. The molecular formula is C11H9BrClF3N2O3. The number of benzene rings is 1. The van der Waals surface area contributed by atoms with Gasteiger partial charge in [0.1, 0.15) is 13.1 Å². The van der Waals surface area contributed by atoms with E-state index < -0.39 is 31.3 Å². The van der Waals surface area contributed by atoms with Crippen molar-refractivity contribution in [2.24, 2.45) is 0 Å². The predicted molar refractivity (Wildman–Crippen MR) is 73.4 cm³/mol. The molecule has 0 atom stereocenters. The highest BCUT2D eigenvalue weighted by Gasteiger charge is 2.34. The van der Waals surface area contributed by atoms with Gasteiger partial charge in [-0.05, 0) is 34.1 Å². The van der Waals surface area contributed by atoms with Crippen LogP contribution in [0.1, 0.15) is 0 Å². The fourth-order valence-electron chi connectivity index (χ4n) is 1.36. The zero-order valence-corrected chi connectivity index (χ0v) is 12.6. The van der Waals surface area contributed by atoms with E-state index in [1.165, 1.54) is 18.2 Å². The number of carboxylic acids is 1. The molecule has 1 aromatic carbocycles. The molecule has 0 saturated heterocycles. The van der Waals surface area contributed by atoms with Gasteiger partial charge in [-0.3, -0.25) is 4.79 Å². The Labute approximate surface area is 130 Å². The van der Waals surface area contributed by atoms with Crippen molar-refractivity contribution in [1.29, 1.82) is 0 Å². The van der Waals surface area contributed by atoms with E-state index in [2.05, 4.69) is 21.2 Å². The average Bonchev–Trinajstić information content (AvgIpc) is 2.29. The van der Waals surface area contributed by atoms with Crippen LogP contribution in [0.15, 0.2) is 22.7 Å². The van der Waals surface area contributed by atoms with Crippen LogP contribution >= 0.6 is 27.5 Å². The Kier molecular flexibility index (Phi) is 5.85. The molecule has 5 nitrogen and oxygen atoms in total. The van der Waals surface area contributed by atoms with Gasteiger partial charge in [-0.1, -0.05) is 11.6 Å². The first-order valence-electron chi connectivity index (χ1n) is 5.38. The van der Waals surface area contributed by atoms with Crippen LogP contribution in [-0.2, 0) is 4.79 Å². The van der Waals surface area contributed by atoms with Gasteiger partial charge in [-0.25, -0.2) is 4.79 Å². The molecule has 0 spiro atoms. The highest BCUT2D eigenvalue weighted by atomic mass is 79.9. The van der Waals surface area contributed by atoms with Gasteiger partial charge in [0.15, 0.2) is 0 Å². The Hall–Kier alpha value is -1.48. The SMILES string of the molecule is O=C(O)CN(CC(F)(F)F)C(=O)Nc1ccc(Cl)cc1Br. The third-order valence-corrected chi connectivity index (χ3v) is 3.05. The molecule has 116 valence electrons. The number of rotatable bonds is 4. The number of nitrogens with one attached hydrogen (secondary N) is 1. The second-order valence-electron chi connectivity index (χ2n) is 3.92. The molecule has 0 aliphatic rings. The molecular weight excluding hydrogens is 380 g/mol. The number of nitrogens with zero attached hydrogens (tertiary/aromatic N) is 1. The fourth-order valence-corrected chi connectivity index (χ4v) is 2.15. The molecule has 2 N–H and O–H groups in total. The summed E-state index contributed by atoms with van der Waals surface area (Å²) < 4.78 is 37.4. The lowest BCUT2D eigenvalue weighted by Gasteiger charge is -2.22. The molecule has 0 saturated carbocycles. The van der Waals surface area contributed by atoms with Gasteiger partial charge < -0.3 is 15.3 Å². The molecule has 0 aliphatic heterocycles. The molecule has 10 heteroatoms. The number of aliphatic carboxylic acids is 1. The lowest BCUT2D eigenvalue weighted by atomic mass is 10.3. The van der Waals surface area contributed by atoms with E-state index in [0.29, 0.717) is 9.50 Å². The monoisotopic (exact) mass is 388 g/mol. The fraction of sp³-hybridized carbons (Fsp3) is 0.273. The van der Waals surface area contributed by atoms with E-state index in [-0.39, 0.29) is 10.6 Å². The van der Waals surface area contributed by atoms with Gasteiger partial charge in [0.05, 0.1) is 5.69 Å². The summed E-state index contributed by atoms with van der Waals surface area (Å²) in [6, 6.07) is 3.05. The molecule has 0 aliphatic carbocycles. The second-order valence-corrected chi connectivity index (χ2v) is 5.21. The first-order chi connectivity index (χ1) is 9.58. The lowest BCUT2D eigenvalue weighted by Crippen LogP contribution is -2.44. The van der Waals surface area contributed by atoms with Crippen molar-refractivity contribution in [2.75, 3.05) is 18.4 Å². The highest BCUT2D eigenvalue weighted by Crippen LogP contribution is 2.26. The normalized spacial score (nSPS) is 11.1. The maximum atomic E-state index is 12.3. The second kappa shape index (κ2) is 6.99. The number of hydrogen-bond acceptors (Lipinski definition) is 2. The van der Waals surface area contributed by atoms with Crippen LogP contribution in [0.4, 0.5) is 23.7 Å². The Balaban J connectivity index is 2.87. The molecule has 0 unspecified atom stereocenters. The minimum absolute atomic E-state index is 0.142. The topological polar surface area (TPSA) is 69.6 Å². The smallest absolute Gasteiger partial charge is 0.406 e. The van der Waals surface area contributed by atoms with Gasteiger partial charge >= 0.3 is 18.2 Å². The predicted octanol–water partition coefficient (Wildman–Crippen LogP) is 3.58. The van der Waals surface area contributed by atoms with Crippen LogP contribution in [0.25, 0.3) is 0 Å². The third kappa shape index (κ3) is 6.21. The number of alkyl halides is 3. The van der Waals surface area contributed by atoms with Gasteiger partial charge in [0.25, 0.3) is 0 Å². The molecule has 0 aromatic heterocycles. The number of urea groups is 1. The van der Waals surface area contributed by atoms with Crippen molar-refractivity contribution in [3.8, 4) is 0 Å². The van der Waals surface area contributed by atoms with E-state index in [4.69, 9.17) is 16.7 Å². The van der Waals surface area contributed by atoms with Crippen molar-refractivity contribution in [3.05, 3.63) is 27.7 Å². The number of carboxylic acid groups (broad SMARTS) is 1. The summed E-state index contributed by atoms with van der Waals surface area (Å²) in [6.07, 6.45) is -4.70. The summed E-state index contributed by atoms with van der Waals surface area (Å²) in [6.45, 7) is -2.74. The van der Waals surface area contributed by atoms with Crippen molar-refractivity contribution < 1.29 is 27.9 Å². The maximum absolute atomic E-state index is 12.3. The number of hydrogen-bond donors (Lipinski definition) is 2. The number of anilines is 1. The number of carbonyl (C=O) groups excluding carboxylic acids is 1. The molecule has 2 amide bonds. The Morgan fingerprint density at radius 3 is 2.48 bits per heavy atom. The lowest BCUT2D eigenvalue weighted by molar-refractivity contribution is -0.148. The molecule has 0 heterocycles. The summed E-state index contributed by atoms with van der Waals surface area (Å²) in [5.74, 6) is -1.55. The first kappa shape index (κ1) is 17.6. The maximum Gasteiger partial charge on any atom is 0.406 e. The van der Waals surface area contributed by atoms with Crippen molar-refractivity contribution >= 4 is 45.2 Å². The summed E-state index contributed by atoms with van der Waals surface area (Å²) in [4.78, 5) is 22.5. The summed E-state index contributed by atoms with van der Waals surface area (Å²) in [5, 5.41) is 11.1. The molecule has 0 bridgehead atoms. The largest absolute Gasteiger partial charge is 0.480 e. The van der Waals surface area contributed by atoms with Crippen molar-refractivity contribution in [2.45, 2.75) is 6.18 Å². The minimum atomic E-state index is -4.70. The van der Waals surface area contributed by atoms with Crippen LogP contribution in [0.2, 0.25) is 5.02 Å². The third-order valence-electron chi connectivity index (χ3n) is 2.16. The standard InChI is InChI=1S/C11H9BrClF3N2O3/c12-7-3-6(13)1-2-8(7)17-10(21)18(4-9(19)20)5-11(14,15)16/h1-3H,4-5H2,(H,17,21)(H,19,20). The van der Waals surface area contributed by atoms with E-state index in [1.807, 2.05) is 0 Å². The van der Waals surface area contributed by atoms with Gasteiger partial charge in [0, 0.05) is 9.50 Å². The molecule has 1 aromatic rings. The summed E-state index contributed by atoms with van der Waals surface area (Å²) in [7, 11) is 0. The van der Waals surface area contributed by atoms with Gasteiger partial charge in [-0.2, -0.15) is 13.2 Å². The van der Waals surface area contributed by atoms with E-state index in [0.717, 1.165) is 0 Å². The summed E-state index contributed by atoms with van der Waals surface area (Å²) in [5.41, 5.74) is 0.168. The van der Waals surface area contributed by atoms with Gasteiger partial charge in [0.2, 0.25) is 0 Å². The van der Waals surface area contributed by atoms with Crippen molar-refractivity contribution in [3.63, 3.8) is 0 Å². The van der Waals surface area contributed by atoms with Crippen LogP contribution in [0, 0.1) is 0 Å². The van der Waals surface area contributed by atoms with Crippen LogP contribution in [-0.4, -0.2) is 41.3 Å². The molecule has 21 heavy (non-hydrogen) atoms. The number of halogens is 5. The highest BCUT2D eigenvalue weighted by molar-refractivity contribution is 9.10. The number of carbonyl (C=O) groups is 2. The number of amides is 2. The quantitative estimate of drug-likeness (QED) is 0.827. The Morgan fingerprint density at radius 2 is 2.00 bits per heavy atom. The molecule has 1 rings (SSSR count). The zero-order valence-electron chi connectivity index (χ0n) is 10.2.